The predicted molar refractivity (Wildman–Crippen MR) is 186 cm³/mol. The Balaban J connectivity index is 1.30. The van der Waals surface area contributed by atoms with E-state index >= 15 is 0 Å². The summed E-state index contributed by atoms with van der Waals surface area (Å²) in [6, 6.07) is 0. The first-order valence-corrected chi connectivity index (χ1v) is 19.0. The van der Waals surface area contributed by atoms with E-state index in [2.05, 4.69) is 67.2 Å². The molecule has 0 unspecified atom stereocenters. The van der Waals surface area contributed by atoms with Crippen molar-refractivity contribution in [2.75, 3.05) is 13.2 Å². The van der Waals surface area contributed by atoms with E-state index in [1.165, 1.54) is 68.1 Å². The van der Waals surface area contributed by atoms with Gasteiger partial charge in [-0.15, -0.1) is 0 Å². The molecule has 0 radical (unpaired) electrons. The van der Waals surface area contributed by atoms with Gasteiger partial charge in [-0.3, -0.25) is 9.59 Å². The summed E-state index contributed by atoms with van der Waals surface area (Å²) in [5.74, 6) is 2.80. The Kier molecular flexibility index (Phi) is 8.41. The van der Waals surface area contributed by atoms with Crippen molar-refractivity contribution in [2.24, 2.45) is 62.1 Å². The molecule has 4 nitrogen and oxygen atoms in total. The van der Waals surface area contributed by atoms with Gasteiger partial charge in [-0.25, -0.2) is 0 Å². The van der Waals surface area contributed by atoms with Crippen LogP contribution in [0.1, 0.15) is 139 Å². The van der Waals surface area contributed by atoms with Crippen molar-refractivity contribution in [3.8, 4) is 0 Å². The van der Waals surface area contributed by atoms with Gasteiger partial charge in [0.05, 0.1) is 13.2 Å². The van der Waals surface area contributed by atoms with Crippen molar-refractivity contribution in [1.29, 1.82) is 0 Å². The van der Waals surface area contributed by atoms with Crippen LogP contribution in [0.15, 0.2) is 35.5 Å². The number of carbonyl (C=O) groups excluding carboxylic acids is 2. The lowest BCUT2D eigenvalue weighted by Crippen LogP contribution is -2.65. The van der Waals surface area contributed by atoms with Crippen LogP contribution in [0, 0.1) is 62.1 Å². The quantitative estimate of drug-likeness (QED) is 0.166. The summed E-state index contributed by atoms with van der Waals surface area (Å²) >= 11 is 0. The van der Waals surface area contributed by atoms with E-state index in [1.54, 1.807) is 13.8 Å². The molecule has 0 spiro atoms. The van der Waals surface area contributed by atoms with Gasteiger partial charge < -0.3 is 9.47 Å². The molecular weight excluding hydrogens is 568 g/mol. The van der Waals surface area contributed by atoms with Crippen LogP contribution in [0.5, 0.6) is 0 Å². The van der Waals surface area contributed by atoms with Gasteiger partial charge in [0.1, 0.15) is 0 Å². The fourth-order valence-corrected chi connectivity index (χ4v) is 13.7. The molecule has 6 rings (SSSR count). The van der Waals surface area contributed by atoms with Crippen molar-refractivity contribution >= 4 is 11.9 Å². The van der Waals surface area contributed by atoms with Gasteiger partial charge in [0, 0.05) is 0 Å². The second-order valence-corrected chi connectivity index (χ2v) is 18.3. The molecule has 0 aliphatic heterocycles. The second-order valence-electron chi connectivity index (χ2n) is 18.3. The minimum atomic E-state index is -1.22. The first kappa shape index (κ1) is 34.0. The fraction of sp³-hybridized carbons (Fsp3) is 0.810. The smallest absolute Gasteiger partial charge is 0.323 e. The van der Waals surface area contributed by atoms with Crippen LogP contribution >= 0.6 is 0 Å². The first-order valence-electron chi connectivity index (χ1n) is 19.0. The maximum atomic E-state index is 13.1. The zero-order valence-electron chi connectivity index (χ0n) is 30.8. The van der Waals surface area contributed by atoms with E-state index < -0.39 is 17.4 Å². The third kappa shape index (κ3) is 4.56. The monoisotopic (exact) mass is 632 g/mol. The topological polar surface area (TPSA) is 52.6 Å². The molecule has 4 fully saturated rings. The Labute approximate surface area is 280 Å². The number of rotatable bonds is 6. The van der Waals surface area contributed by atoms with Crippen LogP contribution in [0.2, 0.25) is 0 Å². The van der Waals surface area contributed by atoms with E-state index in [9.17, 15) is 9.59 Å². The second kappa shape index (κ2) is 11.4. The molecule has 256 valence electrons. The number of ether oxygens (including phenoxy) is 2. The number of hydrogen-bond acceptors (Lipinski definition) is 4. The molecule has 0 aromatic rings. The molecule has 0 saturated heterocycles. The lowest BCUT2D eigenvalue weighted by atomic mass is 9.32. The highest BCUT2D eigenvalue weighted by Crippen LogP contribution is 2.77. The minimum Gasteiger partial charge on any atom is -0.465 e. The highest BCUT2D eigenvalue weighted by Gasteiger charge is 2.70. The maximum absolute atomic E-state index is 13.1. The summed E-state index contributed by atoms with van der Waals surface area (Å²) in [4.78, 5) is 26.3. The molecule has 0 amide bonds. The summed E-state index contributed by atoms with van der Waals surface area (Å²) in [6.45, 7) is 26.7. The van der Waals surface area contributed by atoms with Crippen LogP contribution in [0.25, 0.3) is 0 Å². The highest BCUT2D eigenvalue weighted by atomic mass is 16.6. The normalized spacial score (nSPS) is 43.9. The van der Waals surface area contributed by atoms with E-state index in [4.69, 9.17) is 9.47 Å². The molecule has 0 aromatic heterocycles. The molecule has 6 aliphatic carbocycles. The summed E-state index contributed by atoms with van der Waals surface area (Å²) in [6.07, 6.45) is 18.3. The number of carbonyl (C=O) groups is 2. The largest absolute Gasteiger partial charge is 0.465 e. The van der Waals surface area contributed by atoms with Gasteiger partial charge in [0.2, 0.25) is 0 Å². The Bertz CT molecular complexity index is 1320. The number of allylic oxidation sites excluding steroid dienone is 5. The maximum Gasteiger partial charge on any atom is 0.323 e. The van der Waals surface area contributed by atoms with Crippen LogP contribution in [-0.4, -0.2) is 25.2 Å². The van der Waals surface area contributed by atoms with E-state index in [-0.39, 0.29) is 24.0 Å². The lowest BCUT2D eigenvalue weighted by Gasteiger charge is -2.72. The highest BCUT2D eigenvalue weighted by molar-refractivity contribution is 6.00. The molecular formula is C42H64O4. The van der Waals surface area contributed by atoms with Crippen molar-refractivity contribution in [2.45, 2.75) is 139 Å². The van der Waals surface area contributed by atoms with Crippen molar-refractivity contribution < 1.29 is 19.1 Å². The SMILES string of the molecule is C=C(C)[C@@H]1CC[C@]2(C)CC[C@]3(C)[C@H](CC[C@@H]4[C@@]5(C)CC=C(C6=CCC(C(=O)OCC)(C(=O)OCC)CC6)C(C)(C)[C@@H]5CC[C@]43C)[C@@H]12. The van der Waals surface area contributed by atoms with E-state index in [1.807, 2.05) is 0 Å². The summed E-state index contributed by atoms with van der Waals surface area (Å²) in [5, 5.41) is 0. The van der Waals surface area contributed by atoms with Gasteiger partial charge in [0.25, 0.3) is 0 Å². The Hall–Kier alpha value is -1.84. The van der Waals surface area contributed by atoms with Crippen LogP contribution in [0.3, 0.4) is 0 Å². The molecule has 6 aliphatic rings. The predicted octanol–water partition coefficient (Wildman–Crippen LogP) is 10.4. The standard InChI is InChI=1S/C42H64O4/c1-11-45-35(43)42(36(44)46-12-2)23-15-28(16-24-42)30-18-21-39(8)32(37(30,5)6)19-22-41(10)33(39)14-13-31-34-29(27(3)4)17-20-38(34,7)25-26-40(31,41)9/h15,18,29,31-34H,3,11-14,16-17,19-26H2,1-2,4-10H3/t29-,31+,32-,33+,34+,38+,39-,40+,41+/m0/s1. The molecule has 46 heavy (non-hydrogen) atoms. The van der Waals surface area contributed by atoms with E-state index in [0.29, 0.717) is 47.3 Å². The number of fused-ring (bicyclic) bond motifs is 7. The fourth-order valence-electron chi connectivity index (χ4n) is 13.7. The summed E-state index contributed by atoms with van der Waals surface area (Å²) < 4.78 is 10.8. The Morgan fingerprint density at radius 1 is 0.783 bits per heavy atom. The van der Waals surface area contributed by atoms with Crippen LogP contribution in [-0.2, 0) is 19.1 Å². The zero-order chi connectivity index (χ0) is 33.5. The van der Waals surface area contributed by atoms with Gasteiger partial charge in [-0.2, -0.15) is 0 Å². The molecule has 0 bridgehead atoms. The zero-order valence-corrected chi connectivity index (χ0v) is 30.8. The Morgan fingerprint density at radius 3 is 2.04 bits per heavy atom. The number of esters is 2. The average Bonchev–Trinajstić information content (AvgIpc) is 3.35. The van der Waals surface area contributed by atoms with Gasteiger partial charge in [-0.05, 0) is 166 Å². The van der Waals surface area contributed by atoms with Crippen LogP contribution in [0.4, 0.5) is 0 Å². The van der Waals surface area contributed by atoms with Crippen LogP contribution < -0.4 is 0 Å². The molecule has 0 aromatic carbocycles. The van der Waals surface area contributed by atoms with Gasteiger partial charge in [-0.1, -0.05) is 65.8 Å². The number of hydrogen-bond donors (Lipinski definition) is 0. The van der Waals surface area contributed by atoms with E-state index in [0.717, 1.165) is 24.2 Å². The summed E-state index contributed by atoms with van der Waals surface area (Å²) in [5.41, 5.74) is 4.55. The molecule has 9 atom stereocenters. The van der Waals surface area contributed by atoms with Crippen molar-refractivity contribution in [3.63, 3.8) is 0 Å². The molecule has 4 saturated carbocycles. The third-order valence-corrected chi connectivity index (χ3v) is 16.3. The Morgan fingerprint density at radius 2 is 1.46 bits per heavy atom. The first-order chi connectivity index (χ1) is 21.6. The average molecular weight is 633 g/mol. The molecule has 0 N–H and O–H groups in total. The molecule has 0 heterocycles. The lowest BCUT2D eigenvalue weighted by molar-refractivity contribution is -0.225. The van der Waals surface area contributed by atoms with Gasteiger partial charge >= 0.3 is 11.9 Å². The van der Waals surface area contributed by atoms with Crippen molar-refractivity contribution in [1.82, 2.24) is 0 Å². The molecule has 4 heteroatoms. The minimum absolute atomic E-state index is 0.0351. The summed E-state index contributed by atoms with van der Waals surface area (Å²) in [7, 11) is 0. The van der Waals surface area contributed by atoms with Gasteiger partial charge in [0.15, 0.2) is 5.41 Å². The third-order valence-electron chi connectivity index (χ3n) is 16.3. The van der Waals surface area contributed by atoms with Crippen molar-refractivity contribution in [3.05, 3.63) is 35.5 Å².